The number of rotatable bonds is 3. The number of carbonyl (C=O) groups is 1. The maximum Gasteiger partial charge on any atom is 0.573 e. The molecule has 0 saturated carbocycles. The van der Waals surface area contributed by atoms with Crippen LogP contribution in [0.25, 0.3) is 0 Å². The van der Waals surface area contributed by atoms with E-state index in [1.165, 1.54) is 42.7 Å². The third-order valence-electron chi connectivity index (χ3n) is 2.30. The highest BCUT2D eigenvalue weighted by molar-refractivity contribution is 6.04. The van der Waals surface area contributed by atoms with E-state index in [9.17, 15) is 18.0 Å². The number of para-hydroxylation sites is 2. The molecule has 0 fully saturated rings. The Kier molecular flexibility index (Phi) is 3.88. The molecule has 1 aromatic carbocycles. The zero-order chi connectivity index (χ0) is 14.6. The fourth-order valence-electron chi connectivity index (χ4n) is 1.48. The average molecular weight is 282 g/mol. The number of pyridine rings is 1. The second-order valence-electron chi connectivity index (χ2n) is 3.73. The van der Waals surface area contributed by atoms with Gasteiger partial charge in [0.1, 0.15) is 0 Å². The van der Waals surface area contributed by atoms with Crippen LogP contribution in [0.2, 0.25) is 0 Å². The Morgan fingerprint density at radius 2 is 1.75 bits per heavy atom. The van der Waals surface area contributed by atoms with Gasteiger partial charge in [0.15, 0.2) is 5.75 Å². The number of ether oxygens (including phenoxy) is 1. The minimum Gasteiger partial charge on any atom is -0.404 e. The number of amides is 1. The number of benzene rings is 1. The van der Waals surface area contributed by atoms with Gasteiger partial charge in [-0.05, 0) is 24.3 Å². The molecule has 1 amide bonds. The molecule has 2 rings (SSSR count). The highest BCUT2D eigenvalue weighted by atomic mass is 19.4. The van der Waals surface area contributed by atoms with Crippen molar-refractivity contribution < 1.29 is 22.7 Å². The number of hydrogen-bond acceptors (Lipinski definition) is 3. The Hall–Kier alpha value is -2.57. The van der Waals surface area contributed by atoms with Crippen molar-refractivity contribution in [2.75, 3.05) is 5.32 Å². The Balaban J connectivity index is 2.20. The van der Waals surface area contributed by atoms with Crippen LogP contribution in [0.4, 0.5) is 18.9 Å². The summed E-state index contributed by atoms with van der Waals surface area (Å²) in [6.45, 7) is 0. The van der Waals surface area contributed by atoms with Gasteiger partial charge in [0.05, 0.1) is 5.69 Å². The van der Waals surface area contributed by atoms with Crippen LogP contribution < -0.4 is 10.1 Å². The van der Waals surface area contributed by atoms with E-state index in [0.717, 1.165) is 6.07 Å². The van der Waals surface area contributed by atoms with Crippen molar-refractivity contribution in [3.63, 3.8) is 0 Å². The molecule has 0 radical (unpaired) electrons. The molecular formula is C13H9F3N2O2. The molecule has 0 aliphatic rings. The van der Waals surface area contributed by atoms with Gasteiger partial charge in [0, 0.05) is 18.0 Å². The normalized spacial score (nSPS) is 10.9. The van der Waals surface area contributed by atoms with Gasteiger partial charge in [0.2, 0.25) is 0 Å². The van der Waals surface area contributed by atoms with Crippen molar-refractivity contribution in [2.24, 2.45) is 0 Å². The topological polar surface area (TPSA) is 51.2 Å². The van der Waals surface area contributed by atoms with Crippen LogP contribution in [0.5, 0.6) is 5.75 Å². The molecule has 104 valence electrons. The van der Waals surface area contributed by atoms with E-state index in [-0.39, 0.29) is 11.3 Å². The summed E-state index contributed by atoms with van der Waals surface area (Å²) < 4.78 is 40.6. The number of aromatic nitrogens is 1. The van der Waals surface area contributed by atoms with E-state index in [1.807, 2.05) is 0 Å². The van der Waals surface area contributed by atoms with Crippen LogP contribution in [0.3, 0.4) is 0 Å². The maximum atomic E-state index is 12.2. The number of alkyl halides is 3. The zero-order valence-electron chi connectivity index (χ0n) is 10.0. The predicted octanol–water partition coefficient (Wildman–Crippen LogP) is 3.23. The van der Waals surface area contributed by atoms with Crippen molar-refractivity contribution >= 4 is 11.6 Å². The number of hydrogen-bond donors (Lipinski definition) is 1. The van der Waals surface area contributed by atoms with Crippen molar-refractivity contribution in [2.45, 2.75) is 6.36 Å². The first-order valence-corrected chi connectivity index (χ1v) is 5.52. The summed E-state index contributed by atoms with van der Waals surface area (Å²) >= 11 is 0. The van der Waals surface area contributed by atoms with E-state index in [0.29, 0.717) is 0 Å². The van der Waals surface area contributed by atoms with Gasteiger partial charge in [-0.15, -0.1) is 13.2 Å². The summed E-state index contributed by atoms with van der Waals surface area (Å²) in [5.41, 5.74) is 0.216. The van der Waals surface area contributed by atoms with Crippen LogP contribution in [-0.2, 0) is 0 Å². The highest BCUT2D eigenvalue weighted by Gasteiger charge is 2.32. The summed E-state index contributed by atoms with van der Waals surface area (Å²) in [6.07, 6.45) is -2.00. The third kappa shape index (κ3) is 3.71. The lowest BCUT2D eigenvalue weighted by Crippen LogP contribution is -2.19. The van der Waals surface area contributed by atoms with E-state index in [2.05, 4.69) is 15.0 Å². The summed E-state index contributed by atoms with van der Waals surface area (Å²) in [6, 6.07) is 8.20. The molecule has 0 aliphatic carbocycles. The average Bonchev–Trinajstić information content (AvgIpc) is 2.40. The molecular weight excluding hydrogens is 273 g/mol. The van der Waals surface area contributed by atoms with Gasteiger partial charge >= 0.3 is 6.36 Å². The molecule has 0 bridgehead atoms. The monoisotopic (exact) mass is 282 g/mol. The van der Waals surface area contributed by atoms with Gasteiger partial charge in [-0.2, -0.15) is 0 Å². The van der Waals surface area contributed by atoms with Crippen molar-refractivity contribution in [1.29, 1.82) is 0 Å². The zero-order valence-corrected chi connectivity index (χ0v) is 10.0. The molecule has 1 N–H and O–H groups in total. The minimum atomic E-state index is -4.82. The highest BCUT2D eigenvalue weighted by Crippen LogP contribution is 2.30. The fourth-order valence-corrected chi connectivity index (χ4v) is 1.48. The van der Waals surface area contributed by atoms with Gasteiger partial charge in [-0.3, -0.25) is 9.78 Å². The quantitative estimate of drug-likeness (QED) is 0.940. The lowest BCUT2D eigenvalue weighted by atomic mass is 10.2. The van der Waals surface area contributed by atoms with E-state index in [4.69, 9.17) is 0 Å². The number of carbonyl (C=O) groups excluding carboxylic acids is 1. The Labute approximate surface area is 112 Å². The smallest absolute Gasteiger partial charge is 0.404 e. The molecule has 7 heteroatoms. The second-order valence-corrected chi connectivity index (χ2v) is 3.73. The van der Waals surface area contributed by atoms with Crippen molar-refractivity contribution in [1.82, 2.24) is 4.98 Å². The van der Waals surface area contributed by atoms with Crippen LogP contribution in [0.15, 0.2) is 48.8 Å². The van der Waals surface area contributed by atoms with Crippen LogP contribution in [0, 0.1) is 0 Å². The molecule has 20 heavy (non-hydrogen) atoms. The largest absolute Gasteiger partial charge is 0.573 e. The Morgan fingerprint density at radius 3 is 2.40 bits per heavy atom. The molecule has 0 spiro atoms. The SMILES string of the molecule is O=C(Nc1ccccc1OC(F)(F)F)c1ccncc1. The molecule has 0 atom stereocenters. The van der Waals surface area contributed by atoms with Gasteiger partial charge in [-0.1, -0.05) is 12.1 Å². The number of nitrogens with zero attached hydrogens (tertiary/aromatic N) is 1. The molecule has 0 unspecified atom stereocenters. The van der Waals surface area contributed by atoms with Crippen LogP contribution >= 0.6 is 0 Å². The van der Waals surface area contributed by atoms with E-state index < -0.39 is 18.0 Å². The van der Waals surface area contributed by atoms with Crippen LogP contribution in [-0.4, -0.2) is 17.3 Å². The first kappa shape index (κ1) is 13.9. The maximum absolute atomic E-state index is 12.2. The fraction of sp³-hybridized carbons (Fsp3) is 0.0769. The summed E-state index contributed by atoms with van der Waals surface area (Å²) in [5.74, 6) is -1.02. The Bertz CT molecular complexity index is 600. The summed E-state index contributed by atoms with van der Waals surface area (Å²) in [5, 5.41) is 2.36. The van der Waals surface area contributed by atoms with Crippen molar-refractivity contribution in [3.8, 4) is 5.75 Å². The lowest BCUT2D eigenvalue weighted by Gasteiger charge is -2.13. The lowest BCUT2D eigenvalue weighted by molar-refractivity contribution is -0.274. The number of halogens is 3. The van der Waals surface area contributed by atoms with Crippen LogP contribution in [0.1, 0.15) is 10.4 Å². The second kappa shape index (κ2) is 5.60. The van der Waals surface area contributed by atoms with E-state index >= 15 is 0 Å². The summed E-state index contributed by atoms with van der Waals surface area (Å²) in [7, 11) is 0. The van der Waals surface area contributed by atoms with Gasteiger partial charge in [-0.25, -0.2) is 0 Å². The van der Waals surface area contributed by atoms with Crippen molar-refractivity contribution in [3.05, 3.63) is 54.4 Å². The molecule has 0 aliphatic heterocycles. The van der Waals surface area contributed by atoms with Gasteiger partial charge in [0.25, 0.3) is 5.91 Å². The molecule has 4 nitrogen and oxygen atoms in total. The first-order chi connectivity index (χ1) is 9.46. The predicted molar refractivity (Wildman–Crippen MR) is 65.3 cm³/mol. The van der Waals surface area contributed by atoms with E-state index in [1.54, 1.807) is 0 Å². The molecule has 2 aromatic rings. The number of anilines is 1. The minimum absolute atomic E-state index is 0.0633. The molecule has 1 heterocycles. The molecule has 0 saturated heterocycles. The first-order valence-electron chi connectivity index (χ1n) is 5.52. The number of nitrogens with one attached hydrogen (secondary N) is 1. The third-order valence-corrected chi connectivity index (χ3v) is 2.30. The Morgan fingerprint density at radius 1 is 1.10 bits per heavy atom. The summed E-state index contributed by atoms with van der Waals surface area (Å²) in [4.78, 5) is 15.6. The molecule has 1 aromatic heterocycles. The van der Waals surface area contributed by atoms with Gasteiger partial charge < -0.3 is 10.1 Å². The standard InChI is InChI=1S/C13H9F3N2O2/c14-13(15,16)20-11-4-2-1-3-10(11)18-12(19)9-5-7-17-8-6-9/h1-8H,(H,18,19).